The van der Waals surface area contributed by atoms with Crippen molar-refractivity contribution in [3.05, 3.63) is 28.8 Å². The van der Waals surface area contributed by atoms with Crippen molar-refractivity contribution in [3.8, 4) is 0 Å². The Balaban J connectivity index is 0.00000116. The molecule has 0 radical (unpaired) electrons. The molecule has 124 valence electrons. The summed E-state index contributed by atoms with van der Waals surface area (Å²) in [6.45, 7) is 10.9. The zero-order valence-electron chi connectivity index (χ0n) is 14.0. The van der Waals surface area contributed by atoms with Crippen molar-refractivity contribution in [1.29, 1.82) is 0 Å². The van der Waals surface area contributed by atoms with Crippen LogP contribution in [0.15, 0.2) is 18.2 Å². The van der Waals surface area contributed by atoms with E-state index in [-0.39, 0.29) is 0 Å². The number of benzene rings is 1. The van der Waals surface area contributed by atoms with Gasteiger partial charge in [-0.2, -0.15) is 0 Å². The highest BCUT2D eigenvalue weighted by molar-refractivity contribution is 6.31. The van der Waals surface area contributed by atoms with E-state index < -0.39 is 11.7 Å². The fourth-order valence-corrected chi connectivity index (χ4v) is 2.38. The molecule has 1 unspecified atom stereocenters. The van der Waals surface area contributed by atoms with Gasteiger partial charge in [0.25, 0.3) is 0 Å². The van der Waals surface area contributed by atoms with E-state index in [4.69, 9.17) is 21.1 Å². The lowest BCUT2D eigenvalue weighted by Gasteiger charge is -2.20. The first-order chi connectivity index (χ1) is 10.3. The number of carbonyl (C=O) groups excluding carboxylic acids is 1. The smallest absolute Gasteiger partial charge is 0.412 e. The minimum atomic E-state index is -0.523. The fourth-order valence-electron chi connectivity index (χ4n) is 2.14. The van der Waals surface area contributed by atoms with Gasteiger partial charge in [-0.25, -0.2) is 4.79 Å². The van der Waals surface area contributed by atoms with Gasteiger partial charge in [-0.05, 0) is 51.0 Å². The normalized spacial score (nSPS) is 17.5. The predicted molar refractivity (Wildman–Crippen MR) is 90.8 cm³/mol. The lowest BCUT2D eigenvalue weighted by Crippen LogP contribution is -2.27. The number of halogens is 1. The van der Waals surface area contributed by atoms with Crippen molar-refractivity contribution in [2.45, 2.75) is 52.6 Å². The summed E-state index contributed by atoms with van der Waals surface area (Å²) in [5.74, 6) is 0.341. The van der Waals surface area contributed by atoms with Gasteiger partial charge in [-0.3, -0.25) is 5.32 Å². The lowest BCUT2D eigenvalue weighted by atomic mass is 9.98. The number of hydrogen-bond acceptors (Lipinski definition) is 3. The molecule has 1 fully saturated rings. The minimum Gasteiger partial charge on any atom is -0.444 e. The van der Waals surface area contributed by atoms with Gasteiger partial charge < -0.3 is 9.47 Å². The second-order valence-electron chi connectivity index (χ2n) is 5.96. The number of ether oxygens (including phenoxy) is 2. The third-order valence-corrected chi connectivity index (χ3v) is 3.18. The lowest BCUT2D eigenvalue weighted by molar-refractivity contribution is 0.0636. The van der Waals surface area contributed by atoms with Crippen LogP contribution in [0.2, 0.25) is 5.02 Å². The van der Waals surface area contributed by atoms with E-state index in [1.54, 1.807) is 6.07 Å². The Morgan fingerprint density at radius 1 is 1.32 bits per heavy atom. The molecule has 0 aromatic heterocycles. The number of rotatable bonds is 2. The summed E-state index contributed by atoms with van der Waals surface area (Å²) < 4.78 is 10.6. The minimum absolute atomic E-state index is 0.341. The molecule has 5 heteroatoms. The molecule has 1 aromatic carbocycles. The Kier molecular flexibility index (Phi) is 7.17. The molecular formula is C17H26ClNO3. The van der Waals surface area contributed by atoms with Crippen molar-refractivity contribution in [1.82, 2.24) is 0 Å². The number of anilines is 1. The Bertz CT molecular complexity index is 491. The SMILES string of the molecule is CC.CC(C)(C)OC(=O)Nc1cc(Cl)cc(C2CCOC2)c1. The maximum absolute atomic E-state index is 11.8. The molecule has 0 aliphatic carbocycles. The highest BCUT2D eigenvalue weighted by atomic mass is 35.5. The van der Waals surface area contributed by atoms with Gasteiger partial charge in [-0.1, -0.05) is 25.4 Å². The second kappa shape index (κ2) is 8.39. The molecule has 0 bridgehead atoms. The van der Waals surface area contributed by atoms with Crippen molar-refractivity contribution in [3.63, 3.8) is 0 Å². The maximum atomic E-state index is 11.8. The Morgan fingerprint density at radius 2 is 2.00 bits per heavy atom. The highest BCUT2D eigenvalue weighted by Crippen LogP contribution is 2.30. The van der Waals surface area contributed by atoms with Crippen LogP contribution in [-0.4, -0.2) is 24.9 Å². The Morgan fingerprint density at radius 3 is 2.55 bits per heavy atom. The number of nitrogens with one attached hydrogen (secondary N) is 1. The largest absolute Gasteiger partial charge is 0.444 e. The van der Waals surface area contributed by atoms with Crippen LogP contribution >= 0.6 is 11.6 Å². The molecule has 4 nitrogen and oxygen atoms in total. The van der Waals surface area contributed by atoms with Gasteiger partial charge in [0.1, 0.15) is 5.60 Å². The van der Waals surface area contributed by atoms with Gasteiger partial charge in [0.2, 0.25) is 0 Å². The van der Waals surface area contributed by atoms with Crippen LogP contribution in [0.25, 0.3) is 0 Å². The van der Waals surface area contributed by atoms with Crippen molar-refractivity contribution in [2.24, 2.45) is 0 Å². The van der Waals surface area contributed by atoms with Crippen LogP contribution in [-0.2, 0) is 9.47 Å². The van der Waals surface area contributed by atoms with Gasteiger partial charge >= 0.3 is 6.09 Å². The third-order valence-electron chi connectivity index (χ3n) is 2.97. The van der Waals surface area contributed by atoms with Crippen LogP contribution in [0.4, 0.5) is 10.5 Å². The molecule has 2 rings (SSSR count). The predicted octanol–water partition coefficient (Wildman–Crippen LogP) is 5.22. The molecule has 22 heavy (non-hydrogen) atoms. The summed E-state index contributed by atoms with van der Waals surface area (Å²) in [4.78, 5) is 11.8. The first kappa shape index (κ1) is 18.8. The molecule has 0 spiro atoms. The first-order valence-corrected chi connectivity index (χ1v) is 8.09. The molecular weight excluding hydrogens is 302 g/mol. The number of carbonyl (C=O) groups is 1. The molecule has 1 aliphatic rings. The number of amides is 1. The third kappa shape index (κ3) is 6.24. The van der Waals surface area contributed by atoms with Crippen LogP contribution in [0.1, 0.15) is 52.5 Å². The summed E-state index contributed by atoms with van der Waals surface area (Å²) in [7, 11) is 0. The number of hydrogen-bond donors (Lipinski definition) is 1. The van der Waals surface area contributed by atoms with Crippen molar-refractivity contribution in [2.75, 3.05) is 18.5 Å². The van der Waals surface area contributed by atoms with Gasteiger partial charge in [-0.15, -0.1) is 0 Å². The van der Waals surface area contributed by atoms with Crippen LogP contribution < -0.4 is 5.32 Å². The van der Waals surface area contributed by atoms with E-state index in [9.17, 15) is 4.79 Å². The molecule has 1 saturated heterocycles. The quantitative estimate of drug-likeness (QED) is 0.810. The van der Waals surface area contributed by atoms with Crippen molar-refractivity contribution >= 4 is 23.4 Å². The monoisotopic (exact) mass is 327 g/mol. The summed E-state index contributed by atoms with van der Waals surface area (Å²) in [6.07, 6.45) is 0.500. The topological polar surface area (TPSA) is 47.6 Å². The van der Waals surface area contributed by atoms with E-state index >= 15 is 0 Å². The molecule has 1 heterocycles. The zero-order chi connectivity index (χ0) is 16.8. The van der Waals surface area contributed by atoms with E-state index in [1.165, 1.54) is 0 Å². The Hall–Kier alpha value is -1.26. The molecule has 1 aromatic rings. The summed E-state index contributed by atoms with van der Waals surface area (Å²) in [5, 5.41) is 3.31. The Labute approximate surface area is 138 Å². The van der Waals surface area contributed by atoms with Crippen LogP contribution in [0.5, 0.6) is 0 Å². The summed E-state index contributed by atoms with van der Waals surface area (Å²) in [6, 6.07) is 5.56. The molecule has 1 aliphatic heterocycles. The first-order valence-electron chi connectivity index (χ1n) is 7.72. The molecule has 1 N–H and O–H groups in total. The van der Waals surface area contributed by atoms with E-state index in [1.807, 2.05) is 46.8 Å². The highest BCUT2D eigenvalue weighted by Gasteiger charge is 2.20. The average molecular weight is 328 g/mol. The van der Waals surface area contributed by atoms with E-state index in [2.05, 4.69) is 5.32 Å². The average Bonchev–Trinajstić information content (AvgIpc) is 2.91. The summed E-state index contributed by atoms with van der Waals surface area (Å²) in [5.41, 5.74) is 1.21. The van der Waals surface area contributed by atoms with Gasteiger partial charge in [0.05, 0.1) is 6.61 Å². The van der Waals surface area contributed by atoms with Crippen LogP contribution in [0.3, 0.4) is 0 Å². The maximum Gasteiger partial charge on any atom is 0.412 e. The van der Waals surface area contributed by atoms with Crippen LogP contribution in [0, 0.1) is 0 Å². The fraction of sp³-hybridized carbons (Fsp3) is 0.588. The molecule has 0 saturated carbocycles. The van der Waals surface area contributed by atoms with E-state index in [0.717, 1.165) is 18.6 Å². The molecule has 1 atom stereocenters. The van der Waals surface area contributed by atoms with E-state index in [0.29, 0.717) is 23.2 Å². The standard InChI is InChI=1S/C15H20ClNO3.C2H6/c1-15(2,3)20-14(18)17-13-7-11(6-12(16)8-13)10-4-5-19-9-10;1-2/h6-8,10H,4-5,9H2,1-3H3,(H,17,18);1-2H3. The molecule has 1 amide bonds. The van der Waals surface area contributed by atoms with Gasteiger partial charge in [0.15, 0.2) is 0 Å². The second-order valence-corrected chi connectivity index (χ2v) is 6.40. The van der Waals surface area contributed by atoms with Crippen molar-refractivity contribution < 1.29 is 14.3 Å². The summed E-state index contributed by atoms with van der Waals surface area (Å²) >= 11 is 6.11. The van der Waals surface area contributed by atoms with Gasteiger partial charge in [0, 0.05) is 23.2 Å². The zero-order valence-corrected chi connectivity index (χ0v) is 14.8.